The molecule has 2 heterocycles. The van der Waals surface area contributed by atoms with E-state index in [1.807, 2.05) is 0 Å². The highest BCUT2D eigenvalue weighted by molar-refractivity contribution is 7.44. The van der Waals surface area contributed by atoms with Gasteiger partial charge in [-0.1, -0.05) is 31.9 Å². The number of likely N-dealkylation sites (tertiary alicyclic amines) is 1. The predicted molar refractivity (Wildman–Crippen MR) is 152 cm³/mol. The normalized spacial score (nSPS) is 20.7. The Hall–Kier alpha value is -1.88. The molecule has 1 aromatic carbocycles. The molecule has 1 fully saturated rings. The van der Waals surface area contributed by atoms with E-state index in [1.165, 1.54) is 4.90 Å². The highest BCUT2D eigenvalue weighted by Gasteiger charge is 2.37. The maximum absolute atomic E-state index is 12.5. The van der Waals surface area contributed by atoms with E-state index in [1.54, 1.807) is 24.3 Å². The second-order valence-electron chi connectivity index (χ2n) is 10.8. The van der Waals surface area contributed by atoms with Crippen molar-refractivity contribution in [2.45, 2.75) is 97.4 Å². The van der Waals surface area contributed by atoms with Crippen LogP contribution in [-0.2, 0) is 9.05 Å². The Morgan fingerprint density at radius 1 is 1.03 bits per heavy atom. The Morgan fingerprint density at radius 2 is 1.63 bits per heavy atom. The average molecular weight is 545 g/mol. The van der Waals surface area contributed by atoms with E-state index >= 15 is 0 Å². The van der Waals surface area contributed by atoms with Crippen LogP contribution in [0.3, 0.4) is 0 Å². The van der Waals surface area contributed by atoms with E-state index in [0.29, 0.717) is 48.9 Å². The van der Waals surface area contributed by atoms with Gasteiger partial charge in [0.25, 0.3) is 20.3 Å². The van der Waals surface area contributed by atoms with Crippen LogP contribution in [0.2, 0.25) is 0 Å². The molecule has 0 N–H and O–H groups in total. The number of carbonyl (C=O) groups is 2. The summed E-state index contributed by atoms with van der Waals surface area (Å²) in [5.74, 6) is -0.322. The molecule has 38 heavy (non-hydrogen) atoms. The lowest BCUT2D eigenvalue weighted by Gasteiger charge is -2.36. The van der Waals surface area contributed by atoms with Crippen LogP contribution in [0.1, 0.15) is 93.9 Å². The molecule has 210 valence electrons. The standard InChI is InChI=1S/C29H45N4O4P/c1-7-24-20-25(37-38(36-19-16-30-6)33(22(2)3)23(4)5)21-31(24)17-12-8-9-13-18-32-28(34)26-14-10-11-15-27(26)29(32)35/h10-11,14-15,22-25H,7-9,12-13,16-21H2,1-5H3/t24-,25+,38?/m1/s1. The second-order valence-corrected chi connectivity index (χ2v) is 12.2. The van der Waals surface area contributed by atoms with Crippen molar-refractivity contribution in [2.24, 2.45) is 0 Å². The molecule has 0 spiro atoms. The summed E-state index contributed by atoms with van der Waals surface area (Å²) in [6.07, 6.45) is 6.22. The minimum Gasteiger partial charge on any atom is -0.317 e. The van der Waals surface area contributed by atoms with Gasteiger partial charge in [-0.05, 0) is 72.1 Å². The first kappa shape index (κ1) is 30.7. The molecule has 8 nitrogen and oxygen atoms in total. The van der Waals surface area contributed by atoms with E-state index in [4.69, 9.17) is 15.6 Å². The van der Waals surface area contributed by atoms with Crippen molar-refractivity contribution in [3.63, 3.8) is 0 Å². The summed E-state index contributed by atoms with van der Waals surface area (Å²) in [6.45, 7) is 21.2. The first-order valence-corrected chi connectivity index (χ1v) is 15.3. The number of unbranched alkanes of at least 4 members (excludes halogenated alkanes) is 3. The zero-order valence-corrected chi connectivity index (χ0v) is 24.7. The van der Waals surface area contributed by atoms with Gasteiger partial charge >= 0.3 is 0 Å². The van der Waals surface area contributed by atoms with Crippen molar-refractivity contribution in [2.75, 3.05) is 32.8 Å². The second kappa shape index (κ2) is 15.1. The first-order chi connectivity index (χ1) is 18.3. The molecule has 1 unspecified atom stereocenters. The summed E-state index contributed by atoms with van der Waals surface area (Å²) in [6, 6.07) is 8.18. The van der Waals surface area contributed by atoms with Gasteiger partial charge in [0.15, 0.2) is 0 Å². The van der Waals surface area contributed by atoms with Crippen LogP contribution in [0, 0.1) is 6.57 Å². The molecular weight excluding hydrogens is 499 g/mol. The van der Waals surface area contributed by atoms with Gasteiger partial charge in [-0.2, -0.15) is 0 Å². The molecule has 2 amide bonds. The van der Waals surface area contributed by atoms with Crippen molar-refractivity contribution in [1.29, 1.82) is 0 Å². The number of carbonyl (C=O) groups excluding carboxylic acids is 2. The number of rotatable bonds is 16. The molecule has 0 aromatic heterocycles. The Kier molecular flexibility index (Phi) is 12.1. The summed E-state index contributed by atoms with van der Waals surface area (Å²) in [7, 11) is -1.22. The Labute approximate surface area is 230 Å². The summed E-state index contributed by atoms with van der Waals surface area (Å²) in [5, 5.41) is 0. The van der Waals surface area contributed by atoms with Gasteiger partial charge in [-0.3, -0.25) is 19.4 Å². The quantitative estimate of drug-likeness (QED) is 0.110. The lowest BCUT2D eigenvalue weighted by molar-refractivity contribution is 0.0651. The smallest absolute Gasteiger partial charge is 0.261 e. The first-order valence-electron chi connectivity index (χ1n) is 14.2. The fourth-order valence-electron chi connectivity index (χ4n) is 5.51. The molecule has 2 aliphatic heterocycles. The van der Waals surface area contributed by atoms with Crippen LogP contribution in [0.5, 0.6) is 0 Å². The molecule has 0 saturated carbocycles. The number of hydrogen-bond acceptors (Lipinski definition) is 6. The highest BCUT2D eigenvalue weighted by atomic mass is 31.2. The molecule has 2 aliphatic rings. The van der Waals surface area contributed by atoms with E-state index in [0.717, 1.165) is 51.6 Å². The number of hydrogen-bond donors (Lipinski definition) is 0. The summed E-state index contributed by atoms with van der Waals surface area (Å²) < 4.78 is 15.0. The van der Waals surface area contributed by atoms with Crippen molar-refractivity contribution in [1.82, 2.24) is 14.5 Å². The minimum atomic E-state index is -1.22. The van der Waals surface area contributed by atoms with Crippen LogP contribution in [0.15, 0.2) is 24.3 Å². The monoisotopic (exact) mass is 544 g/mol. The zero-order valence-electron chi connectivity index (χ0n) is 23.8. The lowest BCUT2D eigenvalue weighted by atomic mass is 10.1. The molecular formula is C29H45N4O4P. The maximum Gasteiger partial charge on any atom is 0.261 e. The molecule has 3 rings (SSSR count). The van der Waals surface area contributed by atoms with E-state index in [-0.39, 0.29) is 17.9 Å². The van der Waals surface area contributed by atoms with E-state index in [2.05, 4.69) is 49.0 Å². The average Bonchev–Trinajstić information content (AvgIpc) is 3.38. The molecule has 0 aliphatic carbocycles. The summed E-state index contributed by atoms with van der Waals surface area (Å²) in [4.78, 5) is 32.4. The van der Waals surface area contributed by atoms with Crippen LogP contribution < -0.4 is 0 Å². The van der Waals surface area contributed by atoms with E-state index in [9.17, 15) is 9.59 Å². The van der Waals surface area contributed by atoms with Gasteiger partial charge in [0.1, 0.15) is 6.61 Å². The molecule has 3 atom stereocenters. The topological polar surface area (TPSA) is 66.7 Å². The fraction of sp³-hybridized carbons (Fsp3) is 0.690. The molecule has 0 bridgehead atoms. The molecule has 1 saturated heterocycles. The molecule has 0 radical (unpaired) electrons. The number of fused-ring (bicyclic) bond motifs is 1. The number of benzene rings is 1. The van der Waals surface area contributed by atoms with Crippen molar-refractivity contribution in [3.8, 4) is 0 Å². The summed E-state index contributed by atoms with van der Waals surface area (Å²) >= 11 is 0. The van der Waals surface area contributed by atoms with Gasteiger partial charge in [0.05, 0.1) is 17.2 Å². The largest absolute Gasteiger partial charge is 0.317 e. The third-order valence-corrected chi connectivity index (χ3v) is 9.49. The molecule has 9 heteroatoms. The zero-order chi connectivity index (χ0) is 27.7. The van der Waals surface area contributed by atoms with Crippen LogP contribution in [0.25, 0.3) is 4.85 Å². The third kappa shape index (κ3) is 7.83. The van der Waals surface area contributed by atoms with Gasteiger partial charge in [0, 0.05) is 31.2 Å². The number of nitrogens with zero attached hydrogens (tertiary/aromatic N) is 4. The minimum absolute atomic E-state index is 0.132. The van der Waals surface area contributed by atoms with Crippen LogP contribution >= 0.6 is 8.53 Å². The number of imide groups is 1. The van der Waals surface area contributed by atoms with Crippen LogP contribution in [-0.4, -0.2) is 83.3 Å². The van der Waals surface area contributed by atoms with Gasteiger partial charge in [-0.15, -0.1) is 0 Å². The SMILES string of the molecule is [C-]#[N+]CCOP(O[C@H]1C[C@@H](CC)N(CCCCCCN2C(=O)c3ccccc3C2=O)C1)N(C(C)C)C(C)C. The Bertz CT molecular complexity index is 923. The maximum atomic E-state index is 12.5. The van der Waals surface area contributed by atoms with Gasteiger partial charge < -0.3 is 13.9 Å². The fourth-order valence-corrected chi connectivity index (χ4v) is 7.21. The lowest BCUT2D eigenvalue weighted by Crippen LogP contribution is -2.35. The van der Waals surface area contributed by atoms with E-state index < -0.39 is 8.53 Å². The van der Waals surface area contributed by atoms with Crippen molar-refractivity contribution < 1.29 is 18.6 Å². The van der Waals surface area contributed by atoms with Gasteiger partial charge in [-0.25, -0.2) is 11.2 Å². The van der Waals surface area contributed by atoms with Crippen molar-refractivity contribution in [3.05, 3.63) is 46.8 Å². The Balaban J connectivity index is 1.43. The highest BCUT2D eigenvalue weighted by Crippen LogP contribution is 2.48. The van der Waals surface area contributed by atoms with Crippen molar-refractivity contribution >= 4 is 20.3 Å². The Morgan fingerprint density at radius 3 is 2.18 bits per heavy atom. The summed E-state index contributed by atoms with van der Waals surface area (Å²) in [5.41, 5.74) is 1.05. The third-order valence-electron chi connectivity index (χ3n) is 7.31. The predicted octanol–water partition coefficient (Wildman–Crippen LogP) is 5.99. The molecule has 1 aromatic rings. The number of amides is 2. The van der Waals surface area contributed by atoms with Crippen LogP contribution in [0.4, 0.5) is 0 Å². The van der Waals surface area contributed by atoms with Gasteiger partial charge in [0.2, 0.25) is 6.54 Å².